The van der Waals surface area contributed by atoms with Crippen LogP contribution in [0.2, 0.25) is 0 Å². The van der Waals surface area contributed by atoms with Crippen molar-refractivity contribution < 1.29 is 19.5 Å². The van der Waals surface area contributed by atoms with Gasteiger partial charge in [0.05, 0.1) is 16.9 Å². The Morgan fingerprint density at radius 2 is 1.76 bits per heavy atom. The van der Waals surface area contributed by atoms with E-state index < -0.39 is 5.97 Å². The van der Waals surface area contributed by atoms with Crippen molar-refractivity contribution >= 4 is 40.9 Å². The first-order chi connectivity index (χ1) is 16.5. The normalized spacial score (nSPS) is 33.2. The number of carboxylic acid groups (broad SMARTS) is 1. The molecule has 7 nitrogen and oxygen atoms in total. The molecule has 0 spiro atoms. The van der Waals surface area contributed by atoms with Crippen molar-refractivity contribution in [1.82, 2.24) is 9.88 Å². The van der Waals surface area contributed by atoms with E-state index in [0.717, 1.165) is 16.3 Å². The van der Waals surface area contributed by atoms with Gasteiger partial charge >= 0.3 is 10.8 Å². The topological polar surface area (TPSA) is 108 Å². The maximum absolute atomic E-state index is 13.5. The number of nitrogens with one attached hydrogen (secondary N) is 1. The fraction of sp³-hybridized carbons (Fsp3) is 0.520. The monoisotopic (exact) mass is 498 g/mol. The molecule has 2 aliphatic heterocycles. The van der Waals surface area contributed by atoms with Crippen molar-refractivity contribution in [3.8, 4) is 0 Å². The predicted octanol–water partition coefficient (Wildman–Crippen LogP) is 3.55. The molecule has 7 unspecified atom stereocenters. The van der Waals surface area contributed by atoms with Crippen LogP contribution in [0.3, 0.4) is 0 Å². The zero-order chi connectivity index (χ0) is 23.6. The van der Waals surface area contributed by atoms with Gasteiger partial charge < -0.3 is 10.1 Å². The summed E-state index contributed by atoms with van der Waals surface area (Å²) in [4.78, 5) is 55.4. The van der Waals surface area contributed by atoms with Crippen molar-refractivity contribution in [3.63, 3.8) is 0 Å². The number of unbranched alkanes of at least 4 members (excludes halogenated alkanes) is 2. The molecule has 2 amide bonds. The number of nitrogens with zero attached hydrogens (tertiary/aromatic N) is 1. The lowest BCUT2D eigenvalue weighted by Crippen LogP contribution is -2.42. The summed E-state index contributed by atoms with van der Waals surface area (Å²) in [6.45, 7) is 0.384. The van der Waals surface area contributed by atoms with Crippen LogP contribution in [0.1, 0.15) is 48.5 Å². The number of likely N-dealkylation sites (tertiary alicyclic amines) is 1. The Labute approximate surface area is 204 Å². The fourth-order valence-corrected chi connectivity index (χ4v) is 9.94. The molecular weight excluding hydrogens is 472 g/mol. The molecule has 9 heteroatoms. The predicted molar refractivity (Wildman–Crippen MR) is 128 cm³/mol. The number of hydrogen-bond acceptors (Lipinski definition) is 6. The largest absolute Gasteiger partial charge is 0.481 e. The molecule has 4 aliphatic rings. The van der Waals surface area contributed by atoms with E-state index in [0.29, 0.717) is 25.8 Å². The quantitative estimate of drug-likeness (QED) is 0.447. The van der Waals surface area contributed by atoms with Gasteiger partial charge in [-0.05, 0) is 42.6 Å². The van der Waals surface area contributed by atoms with Gasteiger partial charge in [-0.25, -0.2) is 0 Å². The van der Waals surface area contributed by atoms with Gasteiger partial charge in [0.2, 0.25) is 11.8 Å². The lowest BCUT2D eigenvalue weighted by molar-refractivity contribution is -0.141. The van der Waals surface area contributed by atoms with Crippen LogP contribution in [0.4, 0.5) is 0 Å². The number of thioether (sulfide) groups is 1. The van der Waals surface area contributed by atoms with Gasteiger partial charge in [0.1, 0.15) is 0 Å². The van der Waals surface area contributed by atoms with Crippen molar-refractivity contribution in [2.24, 2.45) is 29.6 Å². The van der Waals surface area contributed by atoms with Crippen LogP contribution in [0.25, 0.3) is 0 Å². The second-order valence-electron chi connectivity index (χ2n) is 9.90. The average Bonchev–Trinajstić information content (AvgIpc) is 3.54. The number of H-pyrrole nitrogens is 1. The first-order valence-electron chi connectivity index (χ1n) is 12.0. The highest BCUT2D eigenvalue weighted by molar-refractivity contribution is 8.00. The number of thiazole rings is 1. The summed E-state index contributed by atoms with van der Waals surface area (Å²) in [5, 5.41) is 9.95. The number of fused-ring (bicyclic) bond motifs is 9. The van der Waals surface area contributed by atoms with Gasteiger partial charge in [0, 0.05) is 29.0 Å². The van der Waals surface area contributed by atoms with E-state index in [1.54, 1.807) is 11.8 Å². The molecule has 3 fully saturated rings. The summed E-state index contributed by atoms with van der Waals surface area (Å²) in [6.07, 6.45) is 2.90. The van der Waals surface area contributed by atoms with Crippen LogP contribution in [0.5, 0.6) is 0 Å². The van der Waals surface area contributed by atoms with Crippen molar-refractivity contribution in [1.29, 1.82) is 0 Å². The van der Waals surface area contributed by atoms with Gasteiger partial charge in [-0.2, -0.15) is 0 Å². The van der Waals surface area contributed by atoms with Crippen LogP contribution >= 0.6 is 23.1 Å². The smallest absolute Gasteiger partial charge is 0.305 e. The maximum Gasteiger partial charge on any atom is 0.305 e. The zero-order valence-corrected chi connectivity index (χ0v) is 20.1. The van der Waals surface area contributed by atoms with Crippen molar-refractivity contribution in [2.45, 2.75) is 48.3 Å². The van der Waals surface area contributed by atoms with Crippen LogP contribution in [-0.2, 0) is 14.4 Å². The van der Waals surface area contributed by atoms with E-state index in [-0.39, 0.29) is 63.9 Å². The highest BCUT2D eigenvalue weighted by Gasteiger charge is 2.69. The molecule has 1 aromatic carbocycles. The Morgan fingerprint density at radius 3 is 2.50 bits per heavy atom. The Bertz CT molecular complexity index is 1210. The number of amides is 2. The molecule has 2 bridgehead atoms. The number of hydrogen-bond donors (Lipinski definition) is 2. The molecule has 1 aromatic heterocycles. The summed E-state index contributed by atoms with van der Waals surface area (Å²) >= 11 is 2.99. The molecule has 2 saturated carbocycles. The summed E-state index contributed by atoms with van der Waals surface area (Å²) in [5.74, 6) is -0.847. The SMILES string of the molecule is O=C(O)CCCCCN1C(=O)C2C3CC(C2C1=O)C1C(c2ccccc2)c2sc(=O)[nH]c2SC31. The van der Waals surface area contributed by atoms with Gasteiger partial charge in [0.15, 0.2) is 0 Å². The number of imide groups is 1. The lowest BCUT2D eigenvalue weighted by atomic mass is 9.68. The number of carboxylic acids is 1. The highest BCUT2D eigenvalue weighted by Crippen LogP contribution is 2.68. The highest BCUT2D eigenvalue weighted by atomic mass is 32.2. The molecule has 178 valence electrons. The Balaban J connectivity index is 1.28. The standard InChI is InChI=1S/C25H26N2O5S2/c28-15(29)9-5-2-6-10-27-23(30)18-13-11-14(19(18)24(27)31)20-17(13)16(12-7-3-1-4-8-12)21-22(33-20)26-25(32)34-21/h1,3-4,7-8,13-14,16-20H,2,5-6,9-11H2,(H,26,32)(H,28,29). The summed E-state index contributed by atoms with van der Waals surface area (Å²) in [5.41, 5.74) is 1.17. The molecule has 6 rings (SSSR count). The number of carbonyl (C=O) groups is 3. The van der Waals surface area contributed by atoms with E-state index in [4.69, 9.17) is 5.11 Å². The molecule has 0 radical (unpaired) electrons. The van der Waals surface area contributed by atoms with Crippen LogP contribution < -0.4 is 4.87 Å². The number of rotatable bonds is 7. The van der Waals surface area contributed by atoms with Gasteiger partial charge in [-0.3, -0.25) is 24.1 Å². The molecule has 2 aliphatic carbocycles. The first-order valence-corrected chi connectivity index (χ1v) is 13.7. The molecule has 34 heavy (non-hydrogen) atoms. The minimum atomic E-state index is -0.817. The zero-order valence-electron chi connectivity index (χ0n) is 18.5. The van der Waals surface area contributed by atoms with E-state index in [1.165, 1.54) is 21.8 Å². The van der Waals surface area contributed by atoms with Gasteiger partial charge in [-0.15, -0.1) is 11.8 Å². The molecule has 3 heterocycles. The van der Waals surface area contributed by atoms with Crippen molar-refractivity contribution in [2.75, 3.05) is 6.54 Å². The summed E-state index contributed by atoms with van der Waals surface area (Å²) < 4.78 is 0. The molecule has 2 N–H and O–H groups in total. The third-order valence-corrected chi connectivity index (χ3v) is 10.8. The Kier molecular flexibility index (Phi) is 5.44. The van der Waals surface area contributed by atoms with E-state index in [2.05, 4.69) is 17.1 Å². The lowest BCUT2D eigenvalue weighted by Gasteiger charge is -2.43. The summed E-state index contributed by atoms with van der Waals surface area (Å²) in [6, 6.07) is 10.3. The molecule has 2 aromatic rings. The van der Waals surface area contributed by atoms with E-state index in [9.17, 15) is 19.2 Å². The minimum absolute atomic E-state index is 0.0379. The van der Waals surface area contributed by atoms with Crippen LogP contribution in [0.15, 0.2) is 40.2 Å². The minimum Gasteiger partial charge on any atom is -0.481 e. The Hall–Kier alpha value is -2.39. The van der Waals surface area contributed by atoms with Crippen molar-refractivity contribution in [3.05, 3.63) is 50.4 Å². The number of benzene rings is 1. The molecular formula is C25H26N2O5S2. The molecule has 1 saturated heterocycles. The maximum atomic E-state index is 13.5. The van der Waals surface area contributed by atoms with Gasteiger partial charge in [0.25, 0.3) is 0 Å². The second-order valence-corrected chi connectivity index (χ2v) is 12.1. The number of aromatic nitrogens is 1. The third-order valence-electron chi connectivity index (χ3n) is 8.25. The second kappa shape index (κ2) is 8.37. The number of aromatic amines is 1. The number of carbonyl (C=O) groups excluding carboxylic acids is 2. The fourth-order valence-electron chi connectivity index (χ4n) is 7.06. The van der Waals surface area contributed by atoms with E-state index >= 15 is 0 Å². The first kappa shape index (κ1) is 22.1. The van der Waals surface area contributed by atoms with Crippen LogP contribution in [0, 0.1) is 29.6 Å². The average molecular weight is 499 g/mol. The number of aliphatic carboxylic acids is 1. The summed E-state index contributed by atoms with van der Waals surface area (Å²) in [7, 11) is 0. The third kappa shape index (κ3) is 3.31. The van der Waals surface area contributed by atoms with Crippen LogP contribution in [-0.4, -0.2) is 44.6 Å². The van der Waals surface area contributed by atoms with E-state index in [1.807, 2.05) is 18.2 Å². The molecule has 7 atom stereocenters. The Morgan fingerprint density at radius 1 is 1.03 bits per heavy atom. The van der Waals surface area contributed by atoms with Gasteiger partial charge in [-0.1, -0.05) is 48.1 Å².